The third kappa shape index (κ3) is 4.38. The predicted octanol–water partition coefficient (Wildman–Crippen LogP) is 3.47. The molecule has 7 nitrogen and oxygen atoms in total. The number of nitrogens with one attached hydrogen (secondary N) is 1. The number of para-hydroxylation sites is 1. The number of benzene rings is 3. The number of carbonyl (C=O) groups excluding carboxylic acids is 1. The lowest BCUT2D eigenvalue weighted by Crippen LogP contribution is -2.40. The molecule has 0 spiro atoms. The molecule has 5 rings (SSSR count). The summed E-state index contributed by atoms with van der Waals surface area (Å²) >= 11 is 0. The van der Waals surface area contributed by atoms with Crippen molar-refractivity contribution in [2.75, 3.05) is 24.3 Å². The lowest BCUT2D eigenvalue weighted by molar-refractivity contribution is -0.113. The third-order valence-electron chi connectivity index (χ3n) is 6.12. The topological polar surface area (TPSA) is 79.8 Å². The second-order valence-corrected chi connectivity index (χ2v) is 8.80. The van der Waals surface area contributed by atoms with Gasteiger partial charge in [-0.05, 0) is 48.4 Å². The molecule has 1 aromatic heterocycles. The number of amides is 1. The van der Waals surface area contributed by atoms with Crippen LogP contribution in [0, 0.1) is 0 Å². The molecule has 7 heteroatoms. The summed E-state index contributed by atoms with van der Waals surface area (Å²) in [6.45, 7) is 1.76. The summed E-state index contributed by atoms with van der Waals surface area (Å²) in [5.41, 5.74) is 4.19. The highest BCUT2D eigenvalue weighted by Crippen LogP contribution is 2.30. The van der Waals surface area contributed by atoms with Gasteiger partial charge >= 0.3 is 5.68 Å². The molecule has 180 valence electrons. The molecule has 1 aliphatic rings. The maximum absolute atomic E-state index is 13.6. The van der Waals surface area contributed by atoms with Gasteiger partial charge in [-0.1, -0.05) is 60.7 Å². The Kier molecular flexibility index (Phi) is 6.12. The van der Waals surface area contributed by atoms with E-state index < -0.39 is 6.04 Å². The molecule has 0 saturated heterocycles. The number of carbonyl (C=O) groups is 1. The number of anilines is 2. The van der Waals surface area contributed by atoms with E-state index in [1.807, 2.05) is 104 Å². The molecule has 1 aliphatic heterocycles. The van der Waals surface area contributed by atoms with Crippen LogP contribution < -0.4 is 26.9 Å². The van der Waals surface area contributed by atoms with Crippen molar-refractivity contribution < 1.29 is 9.21 Å². The largest absolute Gasteiger partial charge is 0.419 e. The number of aromatic nitrogens is 1. The first-order chi connectivity index (χ1) is 17.4. The van der Waals surface area contributed by atoms with Crippen LogP contribution in [0.5, 0.6) is 0 Å². The summed E-state index contributed by atoms with van der Waals surface area (Å²) in [5.74, 6) is -0.320. The zero-order chi connectivity index (χ0) is 25.2. The van der Waals surface area contributed by atoms with Gasteiger partial charge < -0.3 is 14.6 Å². The van der Waals surface area contributed by atoms with E-state index in [0.717, 1.165) is 16.8 Å². The SMILES string of the molecule is CC1=C(C(=O)Nc2ccccc2)C(c2ccccc2)n2c(o/c(=C\c3ccc(N(C)C)cc3)c2=O)=N1. The van der Waals surface area contributed by atoms with E-state index in [2.05, 4.69) is 10.3 Å². The number of rotatable bonds is 5. The summed E-state index contributed by atoms with van der Waals surface area (Å²) in [4.78, 5) is 33.6. The van der Waals surface area contributed by atoms with Crippen LogP contribution in [0.25, 0.3) is 6.08 Å². The second-order valence-electron chi connectivity index (χ2n) is 8.80. The number of nitrogens with zero attached hydrogens (tertiary/aromatic N) is 3. The van der Waals surface area contributed by atoms with E-state index in [4.69, 9.17) is 4.42 Å². The Morgan fingerprint density at radius 3 is 2.25 bits per heavy atom. The molecule has 1 N–H and O–H groups in total. The minimum Gasteiger partial charge on any atom is -0.419 e. The zero-order valence-electron chi connectivity index (χ0n) is 20.3. The lowest BCUT2D eigenvalue weighted by Gasteiger charge is -2.24. The van der Waals surface area contributed by atoms with Gasteiger partial charge in [-0.3, -0.25) is 9.59 Å². The summed E-state index contributed by atoms with van der Waals surface area (Å²) in [5, 5.41) is 2.94. The number of oxazole rings is 1. The first-order valence-corrected chi connectivity index (χ1v) is 11.6. The van der Waals surface area contributed by atoms with Crippen LogP contribution in [0.4, 0.5) is 11.4 Å². The molecule has 0 radical (unpaired) electrons. The van der Waals surface area contributed by atoms with E-state index in [0.29, 0.717) is 17.0 Å². The molecular weight excluding hydrogens is 452 g/mol. The Bertz CT molecular complexity index is 1610. The predicted molar refractivity (Wildman–Crippen MR) is 140 cm³/mol. The second kappa shape index (κ2) is 9.54. The first-order valence-electron chi connectivity index (χ1n) is 11.6. The molecule has 0 bridgehead atoms. The monoisotopic (exact) mass is 478 g/mol. The molecule has 1 atom stereocenters. The fraction of sp³-hybridized carbons (Fsp3) is 0.138. The smallest absolute Gasteiger partial charge is 0.306 e. The van der Waals surface area contributed by atoms with Crippen LogP contribution in [0.3, 0.4) is 0 Å². The van der Waals surface area contributed by atoms with Crippen molar-refractivity contribution in [3.05, 3.63) is 129 Å². The van der Waals surface area contributed by atoms with Crippen LogP contribution in [0.2, 0.25) is 0 Å². The van der Waals surface area contributed by atoms with Gasteiger partial charge in [-0.15, -0.1) is 0 Å². The molecule has 1 unspecified atom stereocenters. The molecule has 4 aromatic rings. The minimum absolute atomic E-state index is 0.157. The molecular formula is C29H26N4O3. The molecule has 36 heavy (non-hydrogen) atoms. The standard InChI is InChI=1S/C29H26N4O3/c1-19-25(27(34)31-22-12-8-5-9-13-22)26(21-10-6-4-7-11-21)33-28(35)24(36-29(33)30-19)18-20-14-16-23(17-15-20)32(2)3/h4-18,26H,1-3H3,(H,31,34)/b24-18-. The van der Waals surface area contributed by atoms with Crippen molar-refractivity contribution in [3.8, 4) is 0 Å². The van der Waals surface area contributed by atoms with Crippen molar-refractivity contribution in [1.82, 2.24) is 4.57 Å². The van der Waals surface area contributed by atoms with Crippen molar-refractivity contribution >= 4 is 23.4 Å². The van der Waals surface area contributed by atoms with Crippen molar-refractivity contribution in [3.63, 3.8) is 0 Å². The Balaban J connectivity index is 1.63. The molecule has 3 aromatic carbocycles. The van der Waals surface area contributed by atoms with Crippen LogP contribution in [-0.4, -0.2) is 24.6 Å². The van der Waals surface area contributed by atoms with E-state index in [1.54, 1.807) is 13.0 Å². The van der Waals surface area contributed by atoms with Gasteiger partial charge in [0.05, 0.1) is 17.3 Å². The Labute approximate surface area is 208 Å². The van der Waals surface area contributed by atoms with Gasteiger partial charge in [0.25, 0.3) is 11.5 Å². The molecule has 0 aliphatic carbocycles. The van der Waals surface area contributed by atoms with Crippen LogP contribution >= 0.6 is 0 Å². The van der Waals surface area contributed by atoms with Crippen molar-refractivity contribution in [2.45, 2.75) is 13.0 Å². The molecule has 0 saturated carbocycles. The highest BCUT2D eigenvalue weighted by atomic mass is 16.4. The third-order valence-corrected chi connectivity index (χ3v) is 6.12. The minimum atomic E-state index is -0.683. The van der Waals surface area contributed by atoms with Gasteiger partial charge in [0.2, 0.25) is 0 Å². The maximum Gasteiger partial charge on any atom is 0.306 e. The van der Waals surface area contributed by atoms with Crippen LogP contribution in [-0.2, 0) is 4.79 Å². The Morgan fingerprint density at radius 2 is 1.61 bits per heavy atom. The first kappa shape index (κ1) is 23.1. The van der Waals surface area contributed by atoms with E-state index in [-0.39, 0.29) is 22.6 Å². The summed E-state index contributed by atoms with van der Waals surface area (Å²) in [7, 11) is 3.94. The number of hydrogen-bond donors (Lipinski definition) is 1. The average Bonchev–Trinajstić information content (AvgIpc) is 3.18. The molecule has 0 fully saturated rings. The quantitative estimate of drug-likeness (QED) is 0.476. The van der Waals surface area contributed by atoms with E-state index >= 15 is 0 Å². The Morgan fingerprint density at radius 1 is 0.972 bits per heavy atom. The average molecular weight is 479 g/mol. The van der Waals surface area contributed by atoms with Gasteiger partial charge in [0, 0.05) is 25.5 Å². The lowest BCUT2D eigenvalue weighted by atomic mass is 9.95. The highest BCUT2D eigenvalue weighted by molar-refractivity contribution is 6.05. The fourth-order valence-electron chi connectivity index (χ4n) is 4.30. The van der Waals surface area contributed by atoms with Crippen molar-refractivity contribution in [1.29, 1.82) is 0 Å². The van der Waals surface area contributed by atoms with E-state index in [1.165, 1.54) is 4.57 Å². The van der Waals surface area contributed by atoms with Crippen molar-refractivity contribution in [2.24, 2.45) is 4.99 Å². The van der Waals surface area contributed by atoms with Gasteiger partial charge in [-0.25, -0.2) is 9.56 Å². The van der Waals surface area contributed by atoms with Crippen LogP contribution in [0.1, 0.15) is 24.1 Å². The highest BCUT2D eigenvalue weighted by Gasteiger charge is 2.33. The maximum atomic E-state index is 13.6. The normalized spacial score (nSPS) is 15.3. The number of hydrogen-bond acceptors (Lipinski definition) is 5. The number of allylic oxidation sites excluding steroid dienone is 1. The molecule has 1 amide bonds. The van der Waals surface area contributed by atoms with E-state index in [9.17, 15) is 9.59 Å². The summed E-state index contributed by atoms with van der Waals surface area (Å²) < 4.78 is 7.40. The number of fused-ring (bicyclic) bond motifs is 1. The molecule has 2 heterocycles. The van der Waals surface area contributed by atoms with Gasteiger partial charge in [-0.2, -0.15) is 0 Å². The summed E-state index contributed by atoms with van der Waals surface area (Å²) in [6.07, 6.45) is 1.70. The van der Waals surface area contributed by atoms with Crippen LogP contribution in [0.15, 0.2) is 110 Å². The Hall–Kier alpha value is -4.65. The van der Waals surface area contributed by atoms with Gasteiger partial charge in [0.1, 0.15) is 0 Å². The zero-order valence-corrected chi connectivity index (χ0v) is 20.3. The van der Waals surface area contributed by atoms with Gasteiger partial charge in [0.15, 0.2) is 5.42 Å². The fourth-order valence-corrected chi connectivity index (χ4v) is 4.30. The summed E-state index contributed by atoms with van der Waals surface area (Å²) in [6, 6.07) is 25.8.